The average Bonchev–Trinajstić information content (AvgIpc) is 2.86. The first-order valence-corrected chi connectivity index (χ1v) is 6.34. The first-order valence-electron chi connectivity index (χ1n) is 6.34. The van der Waals surface area contributed by atoms with Gasteiger partial charge in [-0.05, 0) is 34.6 Å². The summed E-state index contributed by atoms with van der Waals surface area (Å²) >= 11 is 0. The Labute approximate surface area is 108 Å². The summed E-state index contributed by atoms with van der Waals surface area (Å²) in [5, 5.41) is 7.63. The molecule has 0 aliphatic heterocycles. The SMILES string of the molecule is Cc1cn(C(C)C)c(Nc2cnn(C(C)C)c2)n1. The molecule has 0 radical (unpaired) electrons. The number of anilines is 2. The number of nitrogens with one attached hydrogen (secondary N) is 1. The van der Waals surface area contributed by atoms with Crippen molar-refractivity contribution in [2.24, 2.45) is 0 Å². The van der Waals surface area contributed by atoms with Crippen molar-refractivity contribution < 1.29 is 0 Å². The van der Waals surface area contributed by atoms with Gasteiger partial charge in [0.05, 0.1) is 17.6 Å². The molecule has 0 bridgehead atoms. The lowest BCUT2D eigenvalue weighted by Gasteiger charge is -2.11. The van der Waals surface area contributed by atoms with Crippen LogP contribution in [-0.2, 0) is 0 Å². The van der Waals surface area contributed by atoms with Crippen molar-refractivity contribution in [1.29, 1.82) is 0 Å². The van der Waals surface area contributed by atoms with Gasteiger partial charge >= 0.3 is 0 Å². The fourth-order valence-electron chi connectivity index (χ4n) is 1.82. The molecule has 0 saturated carbocycles. The number of hydrogen-bond acceptors (Lipinski definition) is 3. The Balaban J connectivity index is 2.22. The second kappa shape index (κ2) is 4.84. The molecule has 0 aliphatic rings. The van der Waals surface area contributed by atoms with Crippen LogP contribution in [-0.4, -0.2) is 19.3 Å². The van der Waals surface area contributed by atoms with Crippen LogP contribution in [0.2, 0.25) is 0 Å². The quantitative estimate of drug-likeness (QED) is 0.901. The van der Waals surface area contributed by atoms with Gasteiger partial charge in [0.1, 0.15) is 0 Å². The van der Waals surface area contributed by atoms with Gasteiger partial charge in [-0.2, -0.15) is 5.10 Å². The highest BCUT2D eigenvalue weighted by atomic mass is 15.3. The summed E-state index contributed by atoms with van der Waals surface area (Å²) < 4.78 is 4.06. The minimum absolute atomic E-state index is 0.368. The highest BCUT2D eigenvalue weighted by Crippen LogP contribution is 2.20. The fourth-order valence-corrected chi connectivity index (χ4v) is 1.82. The highest BCUT2D eigenvalue weighted by Gasteiger charge is 2.10. The van der Waals surface area contributed by atoms with Crippen molar-refractivity contribution in [3.8, 4) is 0 Å². The van der Waals surface area contributed by atoms with Crippen molar-refractivity contribution >= 4 is 11.6 Å². The molecule has 18 heavy (non-hydrogen) atoms. The first-order chi connectivity index (χ1) is 8.47. The molecule has 2 aromatic rings. The van der Waals surface area contributed by atoms with E-state index in [4.69, 9.17) is 0 Å². The van der Waals surface area contributed by atoms with Crippen LogP contribution in [0.5, 0.6) is 0 Å². The molecule has 0 aliphatic carbocycles. The van der Waals surface area contributed by atoms with Crippen molar-refractivity contribution in [2.75, 3.05) is 5.32 Å². The third-order valence-corrected chi connectivity index (χ3v) is 2.80. The van der Waals surface area contributed by atoms with Crippen LogP contribution in [0.1, 0.15) is 45.5 Å². The van der Waals surface area contributed by atoms with Crippen LogP contribution in [0, 0.1) is 6.92 Å². The largest absolute Gasteiger partial charge is 0.323 e. The zero-order chi connectivity index (χ0) is 13.3. The van der Waals surface area contributed by atoms with E-state index in [9.17, 15) is 0 Å². The monoisotopic (exact) mass is 247 g/mol. The van der Waals surface area contributed by atoms with Crippen LogP contribution in [0.4, 0.5) is 11.6 Å². The van der Waals surface area contributed by atoms with Crippen molar-refractivity contribution in [2.45, 2.75) is 46.7 Å². The van der Waals surface area contributed by atoms with E-state index in [0.717, 1.165) is 17.3 Å². The third-order valence-electron chi connectivity index (χ3n) is 2.80. The summed E-state index contributed by atoms with van der Waals surface area (Å²) in [6.07, 6.45) is 5.88. The van der Waals surface area contributed by atoms with Gasteiger partial charge in [0.15, 0.2) is 0 Å². The van der Waals surface area contributed by atoms with E-state index in [1.54, 1.807) is 0 Å². The molecule has 0 atom stereocenters. The number of nitrogens with zero attached hydrogens (tertiary/aromatic N) is 4. The van der Waals surface area contributed by atoms with Crippen molar-refractivity contribution in [3.63, 3.8) is 0 Å². The van der Waals surface area contributed by atoms with Gasteiger partial charge in [-0.1, -0.05) is 0 Å². The van der Waals surface area contributed by atoms with Crippen molar-refractivity contribution in [3.05, 3.63) is 24.3 Å². The van der Waals surface area contributed by atoms with E-state index in [1.165, 1.54) is 0 Å². The Kier molecular flexibility index (Phi) is 3.41. The summed E-state index contributed by atoms with van der Waals surface area (Å²) in [4.78, 5) is 4.50. The smallest absolute Gasteiger partial charge is 0.207 e. The Morgan fingerprint density at radius 2 is 1.83 bits per heavy atom. The summed E-state index contributed by atoms with van der Waals surface area (Å²) in [6.45, 7) is 10.5. The summed E-state index contributed by atoms with van der Waals surface area (Å²) in [6, 6.07) is 0.751. The number of aromatic nitrogens is 4. The van der Waals surface area contributed by atoms with E-state index in [2.05, 4.69) is 53.9 Å². The second-order valence-electron chi connectivity index (χ2n) is 5.13. The van der Waals surface area contributed by atoms with E-state index in [0.29, 0.717) is 12.1 Å². The molecule has 2 aromatic heterocycles. The minimum Gasteiger partial charge on any atom is -0.323 e. The maximum Gasteiger partial charge on any atom is 0.207 e. The normalized spacial score (nSPS) is 11.5. The van der Waals surface area contributed by atoms with Gasteiger partial charge in [-0.25, -0.2) is 4.98 Å². The van der Waals surface area contributed by atoms with Crippen LogP contribution < -0.4 is 5.32 Å². The summed E-state index contributed by atoms with van der Waals surface area (Å²) in [5.41, 5.74) is 1.98. The minimum atomic E-state index is 0.368. The molecule has 0 aromatic carbocycles. The maximum absolute atomic E-state index is 4.50. The molecule has 0 spiro atoms. The molecule has 2 rings (SSSR count). The number of rotatable bonds is 4. The molecule has 1 N–H and O–H groups in total. The van der Waals surface area contributed by atoms with Crippen LogP contribution >= 0.6 is 0 Å². The Bertz CT molecular complexity index is 521. The van der Waals surface area contributed by atoms with Gasteiger partial charge in [0, 0.05) is 24.5 Å². The van der Waals surface area contributed by atoms with E-state index < -0.39 is 0 Å². The zero-order valence-electron chi connectivity index (χ0n) is 11.7. The van der Waals surface area contributed by atoms with E-state index in [-0.39, 0.29) is 0 Å². The Hall–Kier alpha value is -1.78. The third kappa shape index (κ3) is 2.55. The van der Waals surface area contributed by atoms with Crippen LogP contribution in [0.25, 0.3) is 0 Å². The predicted octanol–water partition coefficient (Wildman–Crippen LogP) is 3.29. The first kappa shape index (κ1) is 12.7. The Morgan fingerprint density at radius 1 is 1.11 bits per heavy atom. The lowest BCUT2D eigenvalue weighted by Crippen LogP contribution is -2.05. The lowest BCUT2D eigenvalue weighted by atomic mass is 10.4. The molecule has 0 amide bonds. The molecule has 5 heteroatoms. The van der Waals surface area contributed by atoms with Gasteiger partial charge in [-0.3, -0.25) is 4.68 Å². The Morgan fingerprint density at radius 3 is 2.39 bits per heavy atom. The molecule has 0 fully saturated rings. The molecular formula is C13H21N5. The number of hydrogen-bond donors (Lipinski definition) is 1. The predicted molar refractivity (Wildman–Crippen MR) is 73.2 cm³/mol. The topological polar surface area (TPSA) is 47.7 Å². The molecule has 2 heterocycles. The maximum atomic E-state index is 4.50. The fraction of sp³-hybridized carbons (Fsp3) is 0.538. The molecule has 0 unspecified atom stereocenters. The highest BCUT2D eigenvalue weighted by molar-refractivity contribution is 5.51. The van der Waals surface area contributed by atoms with Crippen LogP contribution in [0.3, 0.4) is 0 Å². The van der Waals surface area contributed by atoms with Gasteiger partial charge in [0.2, 0.25) is 5.95 Å². The van der Waals surface area contributed by atoms with Gasteiger partial charge in [-0.15, -0.1) is 0 Å². The number of aryl methyl sites for hydroxylation is 1. The standard InChI is InChI=1S/C13H21N5/c1-9(2)17-7-11(5)15-13(17)16-12-6-14-18(8-12)10(3)4/h6-10H,1-5H3,(H,15,16). The van der Waals surface area contributed by atoms with Gasteiger partial charge < -0.3 is 9.88 Å². The lowest BCUT2D eigenvalue weighted by molar-refractivity contribution is 0.532. The van der Waals surface area contributed by atoms with Crippen molar-refractivity contribution in [1.82, 2.24) is 19.3 Å². The summed E-state index contributed by atoms with van der Waals surface area (Å²) in [7, 11) is 0. The second-order valence-corrected chi connectivity index (χ2v) is 5.13. The molecule has 5 nitrogen and oxygen atoms in total. The molecule has 98 valence electrons. The molecular weight excluding hydrogens is 226 g/mol. The summed E-state index contributed by atoms with van der Waals surface area (Å²) in [5.74, 6) is 0.866. The van der Waals surface area contributed by atoms with E-state index in [1.807, 2.05) is 24.0 Å². The van der Waals surface area contributed by atoms with E-state index >= 15 is 0 Å². The van der Waals surface area contributed by atoms with Gasteiger partial charge in [0.25, 0.3) is 0 Å². The number of imidazole rings is 1. The van der Waals surface area contributed by atoms with Crippen LogP contribution in [0.15, 0.2) is 18.6 Å². The molecule has 0 saturated heterocycles. The average molecular weight is 247 g/mol. The zero-order valence-corrected chi connectivity index (χ0v) is 11.7.